The number of rotatable bonds is 9. The first-order valence-corrected chi connectivity index (χ1v) is 9.94. The van der Waals surface area contributed by atoms with Crippen molar-refractivity contribution >= 4 is 29.1 Å². The van der Waals surface area contributed by atoms with Gasteiger partial charge in [0.15, 0.2) is 0 Å². The second-order valence-corrected chi connectivity index (χ2v) is 7.43. The average Bonchev–Trinajstić information content (AvgIpc) is 2.67. The number of nitrogens with zero attached hydrogens (tertiary/aromatic N) is 1. The molecule has 0 aliphatic carbocycles. The van der Waals surface area contributed by atoms with Crippen LogP contribution in [0.3, 0.4) is 0 Å². The van der Waals surface area contributed by atoms with Crippen LogP contribution in [-0.4, -0.2) is 49.5 Å². The van der Waals surface area contributed by atoms with E-state index in [1.54, 1.807) is 12.1 Å². The number of benzene rings is 1. The van der Waals surface area contributed by atoms with E-state index in [0.717, 1.165) is 30.9 Å². The molecule has 0 radical (unpaired) electrons. The summed E-state index contributed by atoms with van der Waals surface area (Å²) in [6.07, 6.45) is 2.09. The Morgan fingerprint density at radius 2 is 1.96 bits per heavy atom. The quantitative estimate of drug-likeness (QED) is 0.588. The monoisotopic (exact) mass is 393 g/mol. The van der Waals surface area contributed by atoms with E-state index in [1.165, 1.54) is 9.91 Å². The van der Waals surface area contributed by atoms with Gasteiger partial charge in [-0.05, 0) is 37.6 Å². The topological polar surface area (TPSA) is 65.9 Å². The van der Waals surface area contributed by atoms with E-state index >= 15 is 0 Å². The molecule has 27 heavy (non-hydrogen) atoms. The summed E-state index contributed by atoms with van der Waals surface area (Å²) >= 11 is 5.92. The Morgan fingerprint density at radius 1 is 1.30 bits per heavy atom. The van der Waals surface area contributed by atoms with Crippen LogP contribution in [-0.2, 0) is 9.59 Å². The second kappa shape index (κ2) is 10.3. The number of carbonyl (C=O) groups is 2. The van der Waals surface area contributed by atoms with Crippen molar-refractivity contribution in [1.29, 1.82) is 0 Å². The third kappa shape index (κ3) is 6.56. The number of halogens is 1. The first-order valence-electron chi connectivity index (χ1n) is 9.56. The van der Waals surface area contributed by atoms with Gasteiger partial charge in [0.2, 0.25) is 11.8 Å². The highest BCUT2D eigenvalue weighted by atomic mass is 35.5. The van der Waals surface area contributed by atoms with Crippen LogP contribution in [0.2, 0.25) is 5.02 Å². The maximum absolute atomic E-state index is 12.3. The molecule has 1 aromatic carbocycles. The van der Waals surface area contributed by atoms with Gasteiger partial charge in [0.25, 0.3) is 0 Å². The predicted molar refractivity (Wildman–Crippen MR) is 108 cm³/mol. The van der Waals surface area contributed by atoms with E-state index in [9.17, 15) is 9.59 Å². The van der Waals surface area contributed by atoms with Crippen molar-refractivity contribution in [2.45, 2.75) is 27.2 Å². The van der Waals surface area contributed by atoms with Gasteiger partial charge in [-0.15, -0.1) is 0 Å². The van der Waals surface area contributed by atoms with Crippen molar-refractivity contribution < 1.29 is 14.5 Å². The van der Waals surface area contributed by atoms with Crippen molar-refractivity contribution in [3.8, 4) is 0 Å². The molecular weight excluding hydrogens is 364 g/mol. The fourth-order valence-corrected chi connectivity index (χ4v) is 3.21. The van der Waals surface area contributed by atoms with Gasteiger partial charge >= 0.3 is 0 Å². The number of carbonyl (C=O) groups excluding carboxylic acids is 2. The summed E-state index contributed by atoms with van der Waals surface area (Å²) in [6.45, 7) is 10.3. The molecule has 0 saturated heterocycles. The molecule has 0 saturated carbocycles. The average molecular weight is 394 g/mol. The van der Waals surface area contributed by atoms with E-state index < -0.39 is 0 Å². The molecule has 0 aromatic heterocycles. The SMILES string of the molecule is CC[NH+](CC)CC(C)CNC(=O)CN1NC(c2ccc(Cl)cc2)=CCC1=O. The largest absolute Gasteiger partial charge is 0.354 e. The lowest BCUT2D eigenvalue weighted by molar-refractivity contribution is -0.899. The van der Waals surface area contributed by atoms with Crippen LogP contribution in [0.25, 0.3) is 5.70 Å². The highest BCUT2D eigenvalue weighted by Crippen LogP contribution is 2.19. The number of hydrogen-bond donors (Lipinski definition) is 3. The minimum Gasteiger partial charge on any atom is -0.354 e. The fourth-order valence-electron chi connectivity index (χ4n) is 3.08. The minimum atomic E-state index is -0.158. The molecule has 7 heteroatoms. The zero-order valence-electron chi connectivity index (χ0n) is 16.3. The highest BCUT2D eigenvalue weighted by molar-refractivity contribution is 6.30. The molecule has 0 fully saturated rings. The van der Waals surface area contributed by atoms with Gasteiger partial charge in [-0.3, -0.25) is 15.0 Å². The van der Waals surface area contributed by atoms with E-state index in [-0.39, 0.29) is 24.8 Å². The van der Waals surface area contributed by atoms with E-state index in [4.69, 9.17) is 11.6 Å². The number of nitrogens with one attached hydrogen (secondary N) is 3. The standard InChI is InChI=1S/C20H29ClN4O2/c1-4-24(5-2)13-15(3)12-22-19(26)14-25-20(27)11-10-18(23-25)16-6-8-17(21)9-7-16/h6-10,15,23H,4-5,11-14H2,1-3H3,(H,22,26)/p+1. The maximum Gasteiger partial charge on any atom is 0.245 e. The molecule has 1 aliphatic rings. The van der Waals surface area contributed by atoms with Crippen LogP contribution in [0.5, 0.6) is 0 Å². The van der Waals surface area contributed by atoms with Crippen molar-refractivity contribution in [2.24, 2.45) is 5.92 Å². The minimum absolute atomic E-state index is 0.00535. The molecule has 6 nitrogen and oxygen atoms in total. The van der Waals surface area contributed by atoms with Crippen molar-refractivity contribution in [2.75, 3.05) is 32.7 Å². The second-order valence-electron chi connectivity index (χ2n) is 6.99. The molecule has 1 unspecified atom stereocenters. The van der Waals surface area contributed by atoms with Crippen molar-refractivity contribution in [3.05, 3.63) is 40.9 Å². The van der Waals surface area contributed by atoms with Crippen LogP contribution in [0.4, 0.5) is 0 Å². The van der Waals surface area contributed by atoms with Gasteiger partial charge in [-0.1, -0.05) is 30.7 Å². The Kier molecular flexibility index (Phi) is 8.13. The summed E-state index contributed by atoms with van der Waals surface area (Å²) in [6, 6.07) is 7.36. The van der Waals surface area contributed by atoms with Crippen LogP contribution in [0, 0.1) is 5.92 Å². The summed E-state index contributed by atoms with van der Waals surface area (Å²) in [7, 11) is 0. The number of hydrazine groups is 1. The lowest BCUT2D eigenvalue weighted by Crippen LogP contribution is -3.12. The van der Waals surface area contributed by atoms with E-state index in [2.05, 4.69) is 31.5 Å². The molecule has 2 rings (SSSR count). The summed E-state index contributed by atoms with van der Waals surface area (Å²) in [5, 5.41) is 4.97. The van der Waals surface area contributed by atoms with Crippen LogP contribution in [0.15, 0.2) is 30.3 Å². The molecule has 148 valence electrons. The molecule has 1 atom stereocenters. The molecule has 1 heterocycles. The predicted octanol–water partition coefficient (Wildman–Crippen LogP) is 1.09. The molecule has 1 aromatic rings. The lowest BCUT2D eigenvalue weighted by atomic mass is 10.1. The fraction of sp³-hybridized carbons (Fsp3) is 0.500. The molecule has 3 N–H and O–H groups in total. The third-order valence-corrected chi connectivity index (χ3v) is 5.03. The Hall–Kier alpha value is -2.05. The number of quaternary nitrogens is 1. The zero-order valence-corrected chi connectivity index (χ0v) is 17.1. The number of hydrogen-bond acceptors (Lipinski definition) is 3. The molecule has 0 spiro atoms. The first kappa shape index (κ1) is 21.3. The molecule has 0 bridgehead atoms. The van der Waals surface area contributed by atoms with Gasteiger partial charge in [-0.25, -0.2) is 5.01 Å². The van der Waals surface area contributed by atoms with Crippen molar-refractivity contribution in [3.63, 3.8) is 0 Å². The van der Waals surface area contributed by atoms with Gasteiger partial charge in [0.1, 0.15) is 6.54 Å². The molecular formula is C20H30ClN4O2+. The maximum atomic E-state index is 12.3. The van der Waals surface area contributed by atoms with E-state index in [0.29, 0.717) is 17.5 Å². The third-order valence-electron chi connectivity index (χ3n) is 4.78. The first-order chi connectivity index (χ1) is 12.9. The van der Waals surface area contributed by atoms with Gasteiger partial charge < -0.3 is 10.2 Å². The Bertz CT molecular complexity index is 671. The Labute approximate surface area is 166 Å². The van der Waals surface area contributed by atoms with Gasteiger partial charge in [0, 0.05) is 23.9 Å². The van der Waals surface area contributed by atoms with Crippen LogP contribution >= 0.6 is 11.6 Å². The van der Waals surface area contributed by atoms with Gasteiger partial charge in [0.05, 0.1) is 25.3 Å². The number of amides is 2. The van der Waals surface area contributed by atoms with Crippen LogP contribution < -0.4 is 15.6 Å². The smallest absolute Gasteiger partial charge is 0.245 e. The van der Waals surface area contributed by atoms with Crippen molar-refractivity contribution in [1.82, 2.24) is 15.8 Å². The lowest BCUT2D eigenvalue weighted by Gasteiger charge is -2.29. The Morgan fingerprint density at radius 3 is 2.59 bits per heavy atom. The molecule has 2 amide bonds. The Balaban J connectivity index is 1.85. The van der Waals surface area contributed by atoms with Gasteiger partial charge in [-0.2, -0.15) is 0 Å². The summed E-state index contributed by atoms with van der Waals surface area (Å²) in [5.74, 6) is 0.108. The zero-order chi connectivity index (χ0) is 19.8. The normalized spacial score (nSPS) is 15.4. The summed E-state index contributed by atoms with van der Waals surface area (Å²) in [4.78, 5) is 25.9. The van der Waals surface area contributed by atoms with Crippen LogP contribution in [0.1, 0.15) is 32.8 Å². The highest BCUT2D eigenvalue weighted by Gasteiger charge is 2.22. The summed E-state index contributed by atoms with van der Waals surface area (Å²) in [5.41, 5.74) is 4.77. The van der Waals surface area contributed by atoms with E-state index in [1.807, 2.05) is 18.2 Å². The molecule has 1 aliphatic heterocycles. The summed E-state index contributed by atoms with van der Waals surface area (Å²) < 4.78 is 0.